The zero-order valence-electron chi connectivity index (χ0n) is 26.3. The summed E-state index contributed by atoms with van der Waals surface area (Å²) in [5.41, 5.74) is 1.89. The monoisotopic (exact) mass is 655 g/mol. The van der Waals surface area contributed by atoms with Crippen molar-refractivity contribution in [2.75, 3.05) is 25.1 Å². The summed E-state index contributed by atoms with van der Waals surface area (Å²) in [6.45, 7) is 3.23. The molecule has 0 radical (unpaired) electrons. The summed E-state index contributed by atoms with van der Waals surface area (Å²) in [5, 5.41) is 3.60. The van der Waals surface area contributed by atoms with Crippen LogP contribution in [0.5, 0.6) is 11.5 Å². The fourth-order valence-corrected chi connectivity index (χ4v) is 7.24. The van der Waals surface area contributed by atoms with Crippen molar-refractivity contribution < 1.29 is 27.5 Å². The van der Waals surface area contributed by atoms with E-state index in [0.717, 1.165) is 42.0 Å². The van der Waals surface area contributed by atoms with Crippen LogP contribution in [0.1, 0.15) is 56.6 Å². The summed E-state index contributed by atoms with van der Waals surface area (Å²) < 4.78 is 40.2. The number of carbonyl (C=O) groups is 2. The number of hydrogen-bond acceptors (Lipinski definition) is 6. The first-order valence-electron chi connectivity index (χ1n) is 15.2. The van der Waals surface area contributed by atoms with E-state index in [0.29, 0.717) is 28.4 Å². The van der Waals surface area contributed by atoms with Gasteiger partial charge in [0.25, 0.3) is 10.0 Å². The molecule has 0 heterocycles. The van der Waals surface area contributed by atoms with Crippen LogP contribution in [-0.2, 0) is 26.2 Å². The molecule has 3 aromatic carbocycles. The fraction of sp³-hybridized carbons (Fsp3) is 0.412. The van der Waals surface area contributed by atoms with E-state index >= 15 is 0 Å². The molecule has 11 heteroatoms. The Kier molecular flexibility index (Phi) is 11.7. The highest BCUT2D eigenvalue weighted by atomic mass is 35.5. The third-order valence-corrected chi connectivity index (χ3v) is 10.3. The number of nitrogens with zero attached hydrogens (tertiary/aromatic N) is 2. The van der Waals surface area contributed by atoms with Crippen molar-refractivity contribution in [3.63, 3.8) is 0 Å². The van der Waals surface area contributed by atoms with Crippen LogP contribution >= 0.6 is 11.6 Å². The Morgan fingerprint density at radius 2 is 1.62 bits per heavy atom. The molecule has 9 nitrogen and oxygen atoms in total. The van der Waals surface area contributed by atoms with Crippen LogP contribution in [0.2, 0.25) is 5.02 Å². The minimum absolute atomic E-state index is 0.0350. The molecule has 1 fully saturated rings. The average molecular weight is 656 g/mol. The number of hydrogen-bond donors (Lipinski definition) is 1. The van der Waals surface area contributed by atoms with Crippen LogP contribution < -0.4 is 19.1 Å². The van der Waals surface area contributed by atoms with Crippen LogP contribution in [0.3, 0.4) is 0 Å². The molecule has 1 aliphatic carbocycles. The third kappa shape index (κ3) is 8.29. The molecule has 0 spiro atoms. The lowest BCUT2D eigenvalue weighted by atomic mass is 9.95. The average Bonchev–Trinajstić information content (AvgIpc) is 3.04. The summed E-state index contributed by atoms with van der Waals surface area (Å²) in [7, 11) is -1.40. The van der Waals surface area contributed by atoms with Gasteiger partial charge in [-0.25, -0.2) is 8.42 Å². The molecule has 2 amide bonds. The van der Waals surface area contributed by atoms with Gasteiger partial charge in [0.15, 0.2) is 11.5 Å². The van der Waals surface area contributed by atoms with E-state index in [2.05, 4.69) is 5.32 Å². The quantitative estimate of drug-likeness (QED) is 0.238. The smallest absolute Gasteiger partial charge is 0.264 e. The molecule has 1 atom stereocenters. The maximum atomic E-state index is 14.4. The SMILES string of the molecule is CCC(C(=O)NC1CCCCC1)N(Cc1ccccc1Cl)C(=O)CN(c1ccc(C)cc1)S(=O)(=O)c1ccc(OC)c(OC)c1. The number of rotatable bonds is 13. The normalized spacial score (nSPS) is 14.3. The number of aryl methyl sites for hydroxylation is 1. The Bertz CT molecular complexity index is 1570. The second kappa shape index (κ2) is 15.5. The molecule has 1 unspecified atom stereocenters. The van der Waals surface area contributed by atoms with Gasteiger partial charge in [-0.1, -0.05) is 73.7 Å². The zero-order chi connectivity index (χ0) is 32.6. The largest absolute Gasteiger partial charge is 0.493 e. The molecule has 3 aromatic rings. The minimum atomic E-state index is -4.29. The number of benzene rings is 3. The van der Waals surface area contributed by atoms with E-state index in [1.165, 1.54) is 37.3 Å². The van der Waals surface area contributed by atoms with Gasteiger partial charge in [0.2, 0.25) is 11.8 Å². The van der Waals surface area contributed by atoms with Crippen LogP contribution in [-0.4, -0.2) is 58.0 Å². The number of carbonyl (C=O) groups excluding carboxylic acids is 2. The second-order valence-electron chi connectivity index (χ2n) is 11.2. The van der Waals surface area contributed by atoms with E-state index in [-0.39, 0.29) is 29.1 Å². The van der Waals surface area contributed by atoms with Crippen molar-refractivity contribution >= 4 is 39.1 Å². The molecule has 1 N–H and O–H groups in total. The van der Waals surface area contributed by atoms with Crippen molar-refractivity contribution in [1.29, 1.82) is 0 Å². The molecule has 0 bridgehead atoms. The summed E-state index contributed by atoms with van der Waals surface area (Å²) in [5.74, 6) is -0.186. The lowest BCUT2D eigenvalue weighted by Gasteiger charge is -2.34. The molecule has 0 saturated heterocycles. The van der Waals surface area contributed by atoms with Gasteiger partial charge in [-0.3, -0.25) is 13.9 Å². The van der Waals surface area contributed by atoms with Gasteiger partial charge in [0.1, 0.15) is 12.6 Å². The Morgan fingerprint density at radius 3 is 2.24 bits per heavy atom. The van der Waals surface area contributed by atoms with Crippen molar-refractivity contribution in [3.05, 3.63) is 82.9 Å². The number of ether oxygens (including phenoxy) is 2. The molecular formula is C34H42ClN3O6S. The first-order valence-corrected chi connectivity index (χ1v) is 17.1. The van der Waals surface area contributed by atoms with E-state index in [4.69, 9.17) is 21.1 Å². The topological polar surface area (TPSA) is 105 Å². The number of halogens is 1. The maximum Gasteiger partial charge on any atom is 0.264 e. The first kappa shape index (κ1) is 34.1. The number of nitrogens with one attached hydrogen (secondary N) is 1. The molecule has 1 aliphatic rings. The Balaban J connectivity index is 1.74. The first-order chi connectivity index (χ1) is 21.6. The zero-order valence-corrected chi connectivity index (χ0v) is 27.9. The summed E-state index contributed by atoms with van der Waals surface area (Å²) >= 11 is 6.51. The van der Waals surface area contributed by atoms with Crippen molar-refractivity contribution in [2.24, 2.45) is 0 Å². The molecule has 0 aromatic heterocycles. The molecule has 242 valence electrons. The van der Waals surface area contributed by atoms with Crippen molar-refractivity contribution in [2.45, 2.75) is 75.9 Å². The van der Waals surface area contributed by atoms with E-state index < -0.39 is 28.5 Å². The molecule has 4 rings (SSSR count). The second-order valence-corrected chi connectivity index (χ2v) is 13.5. The number of sulfonamides is 1. The summed E-state index contributed by atoms with van der Waals surface area (Å²) in [4.78, 5) is 29.4. The highest BCUT2D eigenvalue weighted by Gasteiger charge is 2.35. The predicted molar refractivity (Wildman–Crippen MR) is 176 cm³/mol. The minimum Gasteiger partial charge on any atom is -0.493 e. The lowest BCUT2D eigenvalue weighted by Crippen LogP contribution is -2.54. The lowest BCUT2D eigenvalue weighted by molar-refractivity contribution is -0.140. The molecule has 45 heavy (non-hydrogen) atoms. The number of methoxy groups -OCH3 is 2. The van der Waals surface area contributed by atoms with Gasteiger partial charge in [0, 0.05) is 23.7 Å². The van der Waals surface area contributed by atoms with E-state index in [1.54, 1.807) is 42.5 Å². The highest BCUT2D eigenvalue weighted by Crippen LogP contribution is 2.33. The molecule has 1 saturated carbocycles. The predicted octanol–water partition coefficient (Wildman–Crippen LogP) is 6.12. The number of anilines is 1. The van der Waals surface area contributed by atoms with Gasteiger partial charge in [0.05, 0.1) is 24.8 Å². The van der Waals surface area contributed by atoms with Gasteiger partial charge in [-0.05, 0) is 62.1 Å². The van der Waals surface area contributed by atoms with Crippen molar-refractivity contribution in [3.8, 4) is 11.5 Å². The van der Waals surface area contributed by atoms with Crippen LogP contribution in [0.4, 0.5) is 5.69 Å². The Morgan fingerprint density at radius 1 is 0.956 bits per heavy atom. The third-order valence-electron chi connectivity index (χ3n) is 8.18. The standard InChI is InChI=1S/C34H42ClN3O6S/c1-5-30(34(40)36-26-12-7-6-8-13-26)37(22-25-11-9-10-14-29(25)35)33(39)23-38(27-17-15-24(2)16-18-27)45(41,42)28-19-20-31(43-3)32(21-28)44-4/h9-11,14-21,26,30H,5-8,12-13,22-23H2,1-4H3,(H,36,40). The molecule has 0 aliphatic heterocycles. The molecular weight excluding hydrogens is 614 g/mol. The maximum absolute atomic E-state index is 14.4. The van der Waals surface area contributed by atoms with Crippen LogP contribution in [0, 0.1) is 6.92 Å². The van der Waals surface area contributed by atoms with E-state index in [1.807, 2.05) is 19.9 Å². The number of amides is 2. The highest BCUT2D eigenvalue weighted by molar-refractivity contribution is 7.92. The van der Waals surface area contributed by atoms with Crippen molar-refractivity contribution in [1.82, 2.24) is 10.2 Å². The van der Waals surface area contributed by atoms with Crippen LogP contribution in [0.25, 0.3) is 0 Å². The summed E-state index contributed by atoms with van der Waals surface area (Å²) in [6.07, 6.45) is 5.36. The Hall–Kier alpha value is -3.76. The van der Waals surface area contributed by atoms with Gasteiger partial charge in [-0.2, -0.15) is 0 Å². The van der Waals surface area contributed by atoms with Gasteiger partial charge in [-0.15, -0.1) is 0 Å². The fourth-order valence-electron chi connectivity index (χ4n) is 5.62. The van der Waals surface area contributed by atoms with E-state index in [9.17, 15) is 18.0 Å². The Labute approximate surface area is 271 Å². The van der Waals surface area contributed by atoms with Crippen LogP contribution in [0.15, 0.2) is 71.6 Å². The van der Waals surface area contributed by atoms with Gasteiger partial charge < -0.3 is 19.7 Å². The van der Waals surface area contributed by atoms with Gasteiger partial charge >= 0.3 is 0 Å². The summed E-state index contributed by atoms with van der Waals surface area (Å²) in [6, 6.07) is 17.5.